The van der Waals surface area contributed by atoms with E-state index in [2.05, 4.69) is 36.2 Å². The SMILES string of the molecule is CCNCc1cc(C)nc(N(CCOC)C2CC2)c1. The van der Waals surface area contributed by atoms with Gasteiger partial charge in [0.15, 0.2) is 0 Å². The molecule has 0 radical (unpaired) electrons. The zero-order valence-corrected chi connectivity index (χ0v) is 12.3. The quantitative estimate of drug-likeness (QED) is 0.779. The van der Waals surface area contributed by atoms with Crippen molar-refractivity contribution in [1.82, 2.24) is 10.3 Å². The van der Waals surface area contributed by atoms with Crippen molar-refractivity contribution < 1.29 is 4.74 Å². The molecule has 106 valence electrons. The highest BCUT2D eigenvalue weighted by atomic mass is 16.5. The van der Waals surface area contributed by atoms with Crippen LogP contribution < -0.4 is 10.2 Å². The van der Waals surface area contributed by atoms with E-state index < -0.39 is 0 Å². The lowest BCUT2D eigenvalue weighted by molar-refractivity contribution is 0.204. The summed E-state index contributed by atoms with van der Waals surface area (Å²) in [6.07, 6.45) is 2.56. The lowest BCUT2D eigenvalue weighted by Gasteiger charge is -2.24. The second-order valence-corrected chi connectivity index (χ2v) is 5.17. The smallest absolute Gasteiger partial charge is 0.129 e. The Hall–Kier alpha value is -1.13. The van der Waals surface area contributed by atoms with E-state index in [4.69, 9.17) is 9.72 Å². The van der Waals surface area contributed by atoms with Gasteiger partial charge in [0.05, 0.1) is 6.61 Å². The monoisotopic (exact) mass is 263 g/mol. The van der Waals surface area contributed by atoms with Crippen LogP contribution in [0.4, 0.5) is 5.82 Å². The molecule has 1 saturated carbocycles. The zero-order chi connectivity index (χ0) is 13.7. The van der Waals surface area contributed by atoms with Gasteiger partial charge in [0.1, 0.15) is 5.82 Å². The van der Waals surface area contributed by atoms with Crippen LogP contribution in [-0.4, -0.2) is 37.8 Å². The normalized spacial score (nSPS) is 14.7. The number of nitrogens with zero attached hydrogens (tertiary/aromatic N) is 2. The fourth-order valence-corrected chi connectivity index (χ4v) is 2.30. The molecule has 2 rings (SSSR count). The summed E-state index contributed by atoms with van der Waals surface area (Å²) < 4.78 is 5.22. The molecule has 0 unspecified atom stereocenters. The van der Waals surface area contributed by atoms with Crippen molar-refractivity contribution in [2.75, 3.05) is 31.7 Å². The largest absolute Gasteiger partial charge is 0.383 e. The van der Waals surface area contributed by atoms with E-state index in [1.807, 2.05) is 0 Å². The Morgan fingerprint density at radius 3 is 2.84 bits per heavy atom. The van der Waals surface area contributed by atoms with Crippen LogP contribution >= 0.6 is 0 Å². The van der Waals surface area contributed by atoms with E-state index in [9.17, 15) is 0 Å². The lowest BCUT2D eigenvalue weighted by atomic mass is 10.2. The molecule has 1 aliphatic carbocycles. The summed E-state index contributed by atoms with van der Waals surface area (Å²) >= 11 is 0. The molecule has 19 heavy (non-hydrogen) atoms. The van der Waals surface area contributed by atoms with Crippen LogP contribution in [-0.2, 0) is 11.3 Å². The van der Waals surface area contributed by atoms with Gasteiger partial charge in [0.2, 0.25) is 0 Å². The summed E-state index contributed by atoms with van der Waals surface area (Å²) in [5.41, 5.74) is 2.40. The highest BCUT2D eigenvalue weighted by Gasteiger charge is 2.29. The van der Waals surface area contributed by atoms with Gasteiger partial charge in [-0.25, -0.2) is 4.98 Å². The maximum absolute atomic E-state index is 5.22. The van der Waals surface area contributed by atoms with Gasteiger partial charge in [0.25, 0.3) is 0 Å². The molecule has 0 aromatic carbocycles. The molecule has 4 heteroatoms. The van der Waals surface area contributed by atoms with Crippen LogP contribution in [0.5, 0.6) is 0 Å². The fraction of sp³-hybridized carbons (Fsp3) is 0.667. The van der Waals surface area contributed by atoms with Crippen molar-refractivity contribution in [3.05, 3.63) is 23.4 Å². The van der Waals surface area contributed by atoms with Crippen LogP contribution in [0.2, 0.25) is 0 Å². The molecule has 1 N–H and O–H groups in total. The molecular weight excluding hydrogens is 238 g/mol. The minimum absolute atomic E-state index is 0.663. The van der Waals surface area contributed by atoms with Gasteiger partial charge in [-0.3, -0.25) is 0 Å². The Morgan fingerprint density at radius 2 is 2.21 bits per heavy atom. The molecule has 0 atom stereocenters. The summed E-state index contributed by atoms with van der Waals surface area (Å²) in [7, 11) is 1.76. The van der Waals surface area contributed by atoms with Crippen LogP contribution in [0.1, 0.15) is 31.0 Å². The molecule has 1 heterocycles. The maximum Gasteiger partial charge on any atom is 0.129 e. The molecule has 0 saturated heterocycles. The summed E-state index contributed by atoms with van der Waals surface area (Å²) in [6.45, 7) is 7.79. The molecular formula is C15H25N3O. The van der Waals surface area contributed by atoms with E-state index in [-0.39, 0.29) is 0 Å². The molecule has 1 fully saturated rings. The average Bonchev–Trinajstić information content (AvgIpc) is 3.21. The van der Waals surface area contributed by atoms with Gasteiger partial charge in [-0.15, -0.1) is 0 Å². The Balaban J connectivity index is 2.13. The second kappa shape index (κ2) is 6.87. The van der Waals surface area contributed by atoms with E-state index in [0.717, 1.165) is 37.8 Å². The van der Waals surface area contributed by atoms with Gasteiger partial charge >= 0.3 is 0 Å². The van der Waals surface area contributed by atoms with E-state index >= 15 is 0 Å². The highest BCUT2D eigenvalue weighted by molar-refractivity contribution is 5.45. The number of nitrogens with one attached hydrogen (secondary N) is 1. The molecule has 4 nitrogen and oxygen atoms in total. The van der Waals surface area contributed by atoms with Crippen molar-refractivity contribution in [3.63, 3.8) is 0 Å². The first kappa shape index (κ1) is 14.3. The second-order valence-electron chi connectivity index (χ2n) is 5.17. The maximum atomic E-state index is 5.22. The average molecular weight is 263 g/mol. The minimum atomic E-state index is 0.663. The molecule has 0 aliphatic heterocycles. The number of aromatic nitrogens is 1. The number of aryl methyl sites for hydroxylation is 1. The molecule has 0 spiro atoms. The number of methoxy groups -OCH3 is 1. The number of ether oxygens (including phenoxy) is 1. The number of rotatable bonds is 8. The first-order valence-electron chi connectivity index (χ1n) is 7.18. The Labute approximate surface area is 116 Å². The third kappa shape index (κ3) is 4.18. The summed E-state index contributed by atoms with van der Waals surface area (Å²) in [6, 6.07) is 5.04. The summed E-state index contributed by atoms with van der Waals surface area (Å²) in [5.74, 6) is 1.10. The van der Waals surface area contributed by atoms with Crippen LogP contribution in [0.15, 0.2) is 12.1 Å². The Morgan fingerprint density at radius 1 is 1.42 bits per heavy atom. The molecule has 0 bridgehead atoms. The number of pyridine rings is 1. The lowest BCUT2D eigenvalue weighted by Crippen LogP contribution is -2.30. The van der Waals surface area contributed by atoms with Gasteiger partial charge in [-0.2, -0.15) is 0 Å². The van der Waals surface area contributed by atoms with Crippen molar-refractivity contribution in [2.24, 2.45) is 0 Å². The summed E-state index contributed by atoms with van der Waals surface area (Å²) in [4.78, 5) is 7.09. The van der Waals surface area contributed by atoms with Crippen LogP contribution in [0.25, 0.3) is 0 Å². The molecule has 0 amide bonds. The summed E-state index contributed by atoms with van der Waals surface area (Å²) in [5, 5.41) is 3.37. The molecule has 1 aromatic rings. The number of anilines is 1. The number of hydrogen-bond acceptors (Lipinski definition) is 4. The van der Waals surface area contributed by atoms with Crippen molar-refractivity contribution in [3.8, 4) is 0 Å². The highest BCUT2D eigenvalue weighted by Crippen LogP contribution is 2.31. The van der Waals surface area contributed by atoms with E-state index in [1.54, 1.807) is 7.11 Å². The first-order valence-corrected chi connectivity index (χ1v) is 7.18. The van der Waals surface area contributed by atoms with Crippen LogP contribution in [0, 0.1) is 6.92 Å². The first-order chi connectivity index (χ1) is 9.24. The van der Waals surface area contributed by atoms with E-state index in [1.165, 1.54) is 18.4 Å². The Bertz CT molecular complexity index is 404. The van der Waals surface area contributed by atoms with Gasteiger partial charge in [-0.05, 0) is 44.0 Å². The fourth-order valence-electron chi connectivity index (χ4n) is 2.30. The number of hydrogen-bond donors (Lipinski definition) is 1. The molecule has 1 aliphatic rings. The predicted octanol–water partition coefficient (Wildman–Crippen LogP) is 2.11. The standard InChI is InChI=1S/C15H25N3O/c1-4-16-11-13-9-12(2)17-15(10-13)18(7-8-19-3)14-5-6-14/h9-10,14,16H,4-8,11H2,1-3H3. The van der Waals surface area contributed by atoms with E-state index in [0.29, 0.717) is 6.04 Å². The van der Waals surface area contributed by atoms with Gasteiger partial charge < -0.3 is 15.0 Å². The topological polar surface area (TPSA) is 37.4 Å². The van der Waals surface area contributed by atoms with Gasteiger partial charge in [0, 0.05) is 31.9 Å². The predicted molar refractivity (Wildman–Crippen MR) is 78.6 cm³/mol. The van der Waals surface area contributed by atoms with Gasteiger partial charge in [-0.1, -0.05) is 6.92 Å². The zero-order valence-electron chi connectivity index (χ0n) is 12.3. The van der Waals surface area contributed by atoms with Crippen LogP contribution in [0.3, 0.4) is 0 Å². The molecule has 1 aromatic heterocycles. The minimum Gasteiger partial charge on any atom is -0.383 e. The third-order valence-electron chi connectivity index (χ3n) is 3.40. The van der Waals surface area contributed by atoms with Crippen molar-refractivity contribution in [2.45, 2.75) is 39.3 Å². The Kier molecular flexibility index (Phi) is 5.16. The third-order valence-corrected chi connectivity index (χ3v) is 3.40. The van der Waals surface area contributed by atoms with Crippen molar-refractivity contribution in [1.29, 1.82) is 0 Å². The van der Waals surface area contributed by atoms with Crippen molar-refractivity contribution >= 4 is 5.82 Å².